The van der Waals surface area contributed by atoms with Gasteiger partial charge in [0.25, 0.3) is 0 Å². The van der Waals surface area contributed by atoms with Crippen molar-refractivity contribution in [2.75, 3.05) is 0 Å². The van der Waals surface area contributed by atoms with Crippen LogP contribution < -0.4 is 0 Å². The third-order valence-electron chi connectivity index (χ3n) is 3.01. The van der Waals surface area contributed by atoms with Crippen LogP contribution >= 0.6 is 0 Å². The molecule has 76 valence electrons. The summed E-state index contributed by atoms with van der Waals surface area (Å²) in [5.74, 6) is 0.782. The van der Waals surface area contributed by atoms with Crippen molar-refractivity contribution in [3.05, 3.63) is 29.8 Å². The van der Waals surface area contributed by atoms with Crippen molar-refractivity contribution in [2.45, 2.75) is 37.7 Å². The van der Waals surface area contributed by atoms with Gasteiger partial charge in [0, 0.05) is 0 Å². The minimum Gasteiger partial charge on any atom is -0.508 e. The lowest BCUT2D eigenvalue weighted by Gasteiger charge is -2.26. The number of hydrogen-bond acceptors (Lipinski definition) is 2. The highest BCUT2D eigenvalue weighted by molar-refractivity contribution is 5.28. The predicted octanol–water partition coefficient (Wildman–Crippen LogP) is 2.41. The molecule has 0 saturated heterocycles. The van der Waals surface area contributed by atoms with E-state index in [0.717, 1.165) is 25.7 Å². The second kappa shape index (κ2) is 4.01. The number of benzene rings is 1. The molecule has 1 aromatic carbocycles. The maximum Gasteiger partial charge on any atom is 0.115 e. The van der Waals surface area contributed by atoms with Gasteiger partial charge in [-0.05, 0) is 42.9 Å². The molecule has 1 saturated carbocycles. The molecule has 1 aliphatic rings. The lowest BCUT2D eigenvalue weighted by Crippen LogP contribution is -2.17. The van der Waals surface area contributed by atoms with E-state index in [1.165, 1.54) is 5.56 Å². The molecule has 0 radical (unpaired) electrons. The minimum atomic E-state index is -0.137. The van der Waals surface area contributed by atoms with E-state index in [2.05, 4.69) is 0 Å². The van der Waals surface area contributed by atoms with Gasteiger partial charge in [-0.2, -0.15) is 0 Å². The topological polar surface area (TPSA) is 40.5 Å². The Balaban J connectivity index is 2.10. The summed E-state index contributed by atoms with van der Waals surface area (Å²) in [7, 11) is 0. The summed E-state index contributed by atoms with van der Waals surface area (Å²) in [5.41, 5.74) is 1.24. The molecule has 2 heteroatoms. The molecule has 2 atom stereocenters. The molecule has 1 aromatic rings. The van der Waals surface area contributed by atoms with Crippen LogP contribution in [0.4, 0.5) is 0 Å². The summed E-state index contributed by atoms with van der Waals surface area (Å²) in [4.78, 5) is 0. The van der Waals surface area contributed by atoms with Gasteiger partial charge in [-0.25, -0.2) is 0 Å². The summed E-state index contributed by atoms with van der Waals surface area (Å²) >= 11 is 0. The Morgan fingerprint density at radius 3 is 2.43 bits per heavy atom. The van der Waals surface area contributed by atoms with Gasteiger partial charge in [0.1, 0.15) is 5.75 Å². The highest BCUT2D eigenvalue weighted by Crippen LogP contribution is 2.33. The largest absolute Gasteiger partial charge is 0.508 e. The number of hydrogen-bond donors (Lipinski definition) is 2. The smallest absolute Gasteiger partial charge is 0.115 e. The Labute approximate surface area is 84.2 Å². The molecule has 1 aliphatic carbocycles. The number of aromatic hydroxyl groups is 1. The third-order valence-corrected chi connectivity index (χ3v) is 3.01. The van der Waals surface area contributed by atoms with Crippen LogP contribution in [0.15, 0.2) is 24.3 Å². The first-order chi connectivity index (χ1) is 6.75. The van der Waals surface area contributed by atoms with Crippen LogP contribution in [-0.2, 0) is 0 Å². The lowest BCUT2D eigenvalue weighted by atomic mass is 9.82. The molecule has 2 N–H and O–H groups in total. The SMILES string of the molecule is Oc1ccc(C2CCCC(O)C2)cc1. The molecule has 2 rings (SSSR count). The third kappa shape index (κ3) is 2.07. The Morgan fingerprint density at radius 2 is 1.79 bits per heavy atom. The van der Waals surface area contributed by atoms with Gasteiger partial charge in [0.2, 0.25) is 0 Å². The van der Waals surface area contributed by atoms with E-state index in [-0.39, 0.29) is 6.10 Å². The molecule has 0 spiro atoms. The first kappa shape index (κ1) is 9.53. The van der Waals surface area contributed by atoms with Crippen molar-refractivity contribution >= 4 is 0 Å². The summed E-state index contributed by atoms with van der Waals surface area (Å²) in [6.45, 7) is 0. The van der Waals surface area contributed by atoms with Crippen molar-refractivity contribution in [1.29, 1.82) is 0 Å². The molecule has 0 aromatic heterocycles. The van der Waals surface area contributed by atoms with Crippen LogP contribution in [0, 0.1) is 0 Å². The molecule has 2 nitrogen and oxygen atoms in total. The Bertz CT molecular complexity index is 292. The zero-order valence-corrected chi connectivity index (χ0v) is 8.19. The van der Waals surface area contributed by atoms with Gasteiger partial charge in [-0.1, -0.05) is 18.6 Å². The van der Waals surface area contributed by atoms with E-state index in [1.54, 1.807) is 12.1 Å². The molecule has 0 amide bonds. The maximum atomic E-state index is 9.55. The Morgan fingerprint density at radius 1 is 1.07 bits per heavy atom. The summed E-state index contributed by atoms with van der Waals surface area (Å²) in [6.07, 6.45) is 3.93. The van der Waals surface area contributed by atoms with E-state index in [9.17, 15) is 5.11 Å². The van der Waals surface area contributed by atoms with Gasteiger partial charge in [0.05, 0.1) is 6.10 Å². The molecule has 1 fully saturated rings. The zero-order valence-electron chi connectivity index (χ0n) is 8.19. The maximum absolute atomic E-state index is 9.55. The second-order valence-corrected chi connectivity index (χ2v) is 4.11. The van der Waals surface area contributed by atoms with Crippen molar-refractivity contribution in [3.8, 4) is 5.75 Å². The van der Waals surface area contributed by atoms with Gasteiger partial charge in [-0.3, -0.25) is 0 Å². The highest BCUT2D eigenvalue weighted by Gasteiger charge is 2.21. The van der Waals surface area contributed by atoms with Crippen LogP contribution in [-0.4, -0.2) is 16.3 Å². The number of phenolic OH excluding ortho intramolecular Hbond substituents is 1. The van der Waals surface area contributed by atoms with E-state index in [4.69, 9.17) is 5.11 Å². The lowest BCUT2D eigenvalue weighted by molar-refractivity contribution is 0.119. The molecule has 14 heavy (non-hydrogen) atoms. The van der Waals surface area contributed by atoms with Gasteiger partial charge < -0.3 is 10.2 Å². The van der Waals surface area contributed by atoms with Crippen molar-refractivity contribution in [2.24, 2.45) is 0 Å². The number of rotatable bonds is 1. The Kier molecular flexibility index (Phi) is 2.73. The number of aliphatic hydroxyl groups excluding tert-OH is 1. The van der Waals surface area contributed by atoms with Crippen LogP contribution in [0.1, 0.15) is 37.2 Å². The van der Waals surface area contributed by atoms with Gasteiger partial charge in [-0.15, -0.1) is 0 Å². The van der Waals surface area contributed by atoms with Crippen molar-refractivity contribution in [3.63, 3.8) is 0 Å². The van der Waals surface area contributed by atoms with E-state index in [0.29, 0.717) is 11.7 Å². The van der Waals surface area contributed by atoms with Gasteiger partial charge in [0.15, 0.2) is 0 Å². The molecule has 0 bridgehead atoms. The predicted molar refractivity (Wildman–Crippen MR) is 55.3 cm³/mol. The number of aliphatic hydroxyl groups is 1. The fourth-order valence-electron chi connectivity index (χ4n) is 2.21. The highest BCUT2D eigenvalue weighted by atomic mass is 16.3. The quantitative estimate of drug-likeness (QED) is 0.717. The van der Waals surface area contributed by atoms with Crippen LogP contribution in [0.25, 0.3) is 0 Å². The fourth-order valence-corrected chi connectivity index (χ4v) is 2.21. The summed E-state index contributed by atoms with van der Waals surface area (Å²) < 4.78 is 0. The van der Waals surface area contributed by atoms with Crippen LogP contribution in [0.5, 0.6) is 5.75 Å². The zero-order chi connectivity index (χ0) is 9.97. The average Bonchev–Trinajstić information content (AvgIpc) is 2.19. The van der Waals surface area contributed by atoms with E-state index < -0.39 is 0 Å². The first-order valence-corrected chi connectivity index (χ1v) is 5.22. The molecule has 0 heterocycles. The summed E-state index contributed by atoms with van der Waals surface area (Å²) in [5, 5.41) is 18.7. The number of phenols is 1. The van der Waals surface area contributed by atoms with Crippen molar-refractivity contribution in [1.82, 2.24) is 0 Å². The molecule has 2 unspecified atom stereocenters. The molecule has 0 aliphatic heterocycles. The monoisotopic (exact) mass is 192 g/mol. The van der Waals surface area contributed by atoms with Gasteiger partial charge >= 0.3 is 0 Å². The van der Waals surface area contributed by atoms with Crippen LogP contribution in [0.3, 0.4) is 0 Å². The molecular weight excluding hydrogens is 176 g/mol. The fraction of sp³-hybridized carbons (Fsp3) is 0.500. The normalized spacial score (nSPS) is 27.5. The van der Waals surface area contributed by atoms with E-state index >= 15 is 0 Å². The first-order valence-electron chi connectivity index (χ1n) is 5.22. The van der Waals surface area contributed by atoms with Crippen LogP contribution in [0.2, 0.25) is 0 Å². The van der Waals surface area contributed by atoms with E-state index in [1.807, 2.05) is 12.1 Å². The summed E-state index contributed by atoms with van der Waals surface area (Å²) in [6, 6.07) is 7.35. The standard InChI is InChI=1S/C12H16O2/c13-11-6-4-9(5-7-11)10-2-1-3-12(14)8-10/h4-7,10,12-14H,1-3,8H2. The Hall–Kier alpha value is -1.02. The minimum absolute atomic E-state index is 0.137. The average molecular weight is 192 g/mol. The second-order valence-electron chi connectivity index (χ2n) is 4.11. The molecular formula is C12H16O2. The van der Waals surface area contributed by atoms with Crippen molar-refractivity contribution < 1.29 is 10.2 Å².